The van der Waals surface area contributed by atoms with Crippen molar-refractivity contribution in [2.24, 2.45) is 0 Å². The van der Waals surface area contributed by atoms with Crippen LogP contribution in [0.5, 0.6) is 0 Å². The molecule has 1 heterocycles. The number of aliphatic hydroxyl groups is 2. The third-order valence-corrected chi connectivity index (χ3v) is 1.91. The van der Waals surface area contributed by atoms with E-state index < -0.39 is 6.04 Å². The number of rotatable bonds is 4. The van der Waals surface area contributed by atoms with Gasteiger partial charge in [0.15, 0.2) is 0 Å². The number of hydrogen-bond donors (Lipinski definition) is 3. The van der Waals surface area contributed by atoms with Crippen LogP contribution >= 0.6 is 11.6 Å². The fraction of sp³-hybridized carbons (Fsp3) is 0.333. The molecule has 0 aliphatic rings. The molecule has 1 rings (SSSR count). The summed E-state index contributed by atoms with van der Waals surface area (Å²) >= 11 is 5.67. The van der Waals surface area contributed by atoms with Crippen molar-refractivity contribution in [2.45, 2.75) is 6.04 Å². The van der Waals surface area contributed by atoms with Crippen molar-refractivity contribution < 1.29 is 10.2 Å². The van der Waals surface area contributed by atoms with Crippen LogP contribution in [0.2, 0.25) is 5.15 Å². The van der Waals surface area contributed by atoms with E-state index in [9.17, 15) is 0 Å². The van der Waals surface area contributed by atoms with Gasteiger partial charge >= 0.3 is 0 Å². The lowest BCUT2D eigenvalue weighted by atomic mass is 10.2. The van der Waals surface area contributed by atoms with Crippen LogP contribution in [0.1, 0.15) is 5.56 Å². The Labute approximate surface area is 91.9 Å². The Hall–Kier alpha value is -1.35. The molecule has 0 aromatic carbocycles. The Morgan fingerprint density at radius 3 is 2.67 bits per heavy atom. The number of nitriles is 1. The predicted octanol–water partition coefficient (Wildman–Crippen LogP) is 0.372. The lowest BCUT2D eigenvalue weighted by Gasteiger charge is -2.13. The van der Waals surface area contributed by atoms with E-state index in [1.807, 2.05) is 6.07 Å². The Morgan fingerprint density at radius 1 is 1.47 bits per heavy atom. The quantitative estimate of drug-likeness (QED) is 0.647. The molecule has 0 bridgehead atoms. The van der Waals surface area contributed by atoms with Crippen molar-refractivity contribution >= 4 is 17.4 Å². The van der Waals surface area contributed by atoms with Gasteiger partial charge in [-0.05, 0) is 12.1 Å². The van der Waals surface area contributed by atoms with E-state index in [0.717, 1.165) is 0 Å². The van der Waals surface area contributed by atoms with Gasteiger partial charge in [-0.3, -0.25) is 0 Å². The third kappa shape index (κ3) is 3.36. The monoisotopic (exact) mass is 227 g/mol. The number of aliphatic hydroxyl groups excluding tert-OH is 2. The zero-order valence-electron chi connectivity index (χ0n) is 7.81. The van der Waals surface area contributed by atoms with E-state index in [1.54, 1.807) is 0 Å². The summed E-state index contributed by atoms with van der Waals surface area (Å²) in [6.07, 6.45) is 0. The first-order chi connectivity index (χ1) is 7.19. The van der Waals surface area contributed by atoms with E-state index in [0.29, 0.717) is 11.4 Å². The summed E-state index contributed by atoms with van der Waals surface area (Å²) in [7, 11) is 0. The van der Waals surface area contributed by atoms with Gasteiger partial charge < -0.3 is 15.5 Å². The maximum atomic E-state index is 8.83. The van der Waals surface area contributed by atoms with Gasteiger partial charge in [0.25, 0.3) is 0 Å². The average Bonchev–Trinajstić information content (AvgIpc) is 2.25. The Morgan fingerprint density at radius 2 is 2.13 bits per heavy atom. The molecule has 0 fully saturated rings. The summed E-state index contributed by atoms with van der Waals surface area (Å²) in [5.41, 5.74) is 0.368. The van der Waals surface area contributed by atoms with Gasteiger partial charge in [0.2, 0.25) is 0 Å². The van der Waals surface area contributed by atoms with E-state index in [2.05, 4.69) is 10.3 Å². The second-order valence-electron chi connectivity index (χ2n) is 2.88. The lowest BCUT2D eigenvalue weighted by molar-refractivity contribution is 0.203. The number of halogens is 1. The van der Waals surface area contributed by atoms with Crippen LogP contribution in [-0.4, -0.2) is 34.5 Å². The minimum Gasteiger partial charge on any atom is -0.394 e. The molecule has 0 atom stereocenters. The molecule has 0 amide bonds. The zero-order valence-corrected chi connectivity index (χ0v) is 8.57. The van der Waals surface area contributed by atoms with Gasteiger partial charge in [0, 0.05) is 0 Å². The first-order valence-corrected chi connectivity index (χ1v) is 4.63. The summed E-state index contributed by atoms with van der Waals surface area (Å²) in [5.74, 6) is 0.354. The van der Waals surface area contributed by atoms with Gasteiger partial charge in [-0.25, -0.2) is 4.98 Å². The van der Waals surface area contributed by atoms with Crippen molar-refractivity contribution in [1.29, 1.82) is 5.26 Å². The van der Waals surface area contributed by atoms with E-state index in [-0.39, 0.29) is 18.4 Å². The molecular weight excluding hydrogens is 218 g/mol. The number of nitrogens with one attached hydrogen (secondary N) is 1. The Bertz CT molecular complexity index is 374. The highest BCUT2D eigenvalue weighted by molar-refractivity contribution is 6.29. The second kappa shape index (κ2) is 5.51. The summed E-state index contributed by atoms with van der Waals surface area (Å²) in [4.78, 5) is 3.90. The highest BCUT2D eigenvalue weighted by Crippen LogP contribution is 2.14. The highest BCUT2D eigenvalue weighted by atomic mass is 35.5. The van der Waals surface area contributed by atoms with Crippen molar-refractivity contribution in [3.05, 3.63) is 22.8 Å². The maximum Gasteiger partial charge on any atom is 0.132 e. The first kappa shape index (κ1) is 11.7. The van der Waals surface area contributed by atoms with Gasteiger partial charge in [-0.1, -0.05) is 11.6 Å². The van der Waals surface area contributed by atoms with Crippen molar-refractivity contribution in [3.63, 3.8) is 0 Å². The van der Waals surface area contributed by atoms with Gasteiger partial charge in [0.1, 0.15) is 11.0 Å². The topological polar surface area (TPSA) is 89.2 Å². The molecular formula is C9H10ClN3O2. The van der Waals surface area contributed by atoms with Gasteiger partial charge in [0.05, 0.1) is 30.9 Å². The minimum atomic E-state index is -0.512. The van der Waals surface area contributed by atoms with Crippen molar-refractivity contribution in [2.75, 3.05) is 18.5 Å². The van der Waals surface area contributed by atoms with E-state index in [4.69, 9.17) is 27.1 Å². The largest absolute Gasteiger partial charge is 0.394 e. The fourth-order valence-corrected chi connectivity index (χ4v) is 1.20. The molecule has 0 unspecified atom stereocenters. The van der Waals surface area contributed by atoms with E-state index in [1.165, 1.54) is 12.1 Å². The van der Waals surface area contributed by atoms with Crippen LogP contribution in [-0.2, 0) is 0 Å². The normalized spacial score (nSPS) is 10.1. The van der Waals surface area contributed by atoms with Crippen LogP contribution in [0.3, 0.4) is 0 Å². The van der Waals surface area contributed by atoms with Crippen LogP contribution in [0.15, 0.2) is 12.1 Å². The third-order valence-electron chi connectivity index (χ3n) is 1.72. The second-order valence-corrected chi connectivity index (χ2v) is 3.27. The molecule has 1 aromatic heterocycles. The molecule has 1 aromatic rings. The number of pyridine rings is 1. The molecule has 0 saturated heterocycles. The molecule has 0 spiro atoms. The number of nitrogens with zero attached hydrogens (tertiary/aromatic N) is 2. The smallest absolute Gasteiger partial charge is 0.132 e. The first-order valence-electron chi connectivity index (χ1n) is 4.25. The molecule has 5 nitrogen and oxygen atoms in total. The Balaban J connectivity index is 2.85. The molecule has 80 valence electrons. The van der Waals surface area contributed by atoms with Crippen LogP contribution < -0.4 is 5.32 Å². The molecule has 3 N–H and O–H groups in total. The minimum absolute atomic E-state index is 0.186. The summed E-state index contributed by atoms with van der Waals surface area (Å²) in [5, 5.41) is 29.3. The average molecular weight is 228 g/mol. The molecule has 0 aliphatic heterocycles. The fourth-order valence-electron chi connectivity index (χ4n) is 0.994. The highest BCUT2D eigenvalue weighted by Gasteiger charge is 2.07. The van der Waals surface area contributed by atoms with Crippen LogP contribution in [0, 0.1) is 11.3 Å². The molecule has 6 heteroatoms. The van der Waals surface area contributed by atoms with Crippen LogP contribution in [0.25, 0.3) is 0 Å². The molecule has 0 aliphatic carbocycles. The van der Waals surface area contributed by atoms with Gasteiger partial charge in [-0.2, -0.15) is 5.26 Å². The predicted molar refractivity (Wildman–Crippen MR) is 55.5 cm³/mol. The number of hydrogen-bond acceptors (Lipinski definition) is 5. The number of anilines is 1. The van der Waals surface area contributed by atoms with Crippen LogP contribution in [0.4, 0.5) is 5.82 Å². The standard InChI is InChI=1S/C9H10ClN3O2/c10-8-1-6(3-11)2-9(13-8)12-7(4-14)5-15/h1-2,7,14-15H,4-5H2,(H,12,13). The van der Waals surface area contributed by atoms with Crippen molar-refractivity contribution in [3.8, 4) is 6.07 Å². The molecule has 0 radical (unpaired) electrons. The van der Waals surface area contributed by atoms with Crippen molar-refractivity contribution in [1.82, 2.24) is 4.98 Å². The lowest BCUT2D eigenvalue weighted by Crippen LogP contribution is -2.28. The summed E-state index contributed by atoms with van der Waals surface area (Å²) < 4.78 is 0. The zero-order chi connectivity index (χ0) is 11.3. The van der Waals surface area contributed by atoms with E-state index >= 15 is 0 Å². The Kier molecular flexibility index (Phi) is 4.31. The summed E-state index contributed by atoms with van der Waals surface area (Å²) in [6, 6.07) is 4.34. The molecule has 15 heavy (non-hydrogen) atoms. The summed E-state index contributed by atoms with van der Waals surface area (Å²) in [6.45, 7) is -0.459. The van der Waals surface area contributed by atoms with Gasteiger partial charge in [-0.15, -0.1) is 0 Å². The maximum absolute atomic E-state index is 8.83. The molecule has 0 saturated carbocycles. The SMILES string of the molecule is N#Cc1cc(Cl)nc(NC(CO)CO)c1. The number of aromatic nitrogens is 1.